The van der Waals surface area contributed by atoms with Crippen molar-refractivity contribution in [2.75, 3.05) is 0 Å². The van der Waals surface area contributed by atoms with Gasteiger partial charge in [0.25, 0.3) is 0 Å². The molecule has 3 aromatic carbocycles. The summed E-state index contributed by atoms with van der Waals surface area (Å²) in [6, 6.07) is 28.5. The number of nitrogens with one attached hydrogen (secondary N) is 1. The summed E-state index contributed by atoms with van der Waals surface area (Å²) in [5.41, 5.74) is 11.6. The zero-order valence-electron chi connectivity index (χ0n) is 15.9. The van der Waals surface area contributed by atoms with Gasteiger partial charge in [0, 0.05) is 24.0 Å². The first-order chi connectivity index (χ1) is 13.8. The van der Waals surface area contributed by atoms with Crippen LogP contribution in [-0.4, -0.2) is 6.04 Å². The summed E-state index contributed by atoms with van der Waals surface area (Å²) in [6.07, 6.45) is 2.19. The van der Waals surface area contributed by atoms with Gasteiger partial charge in [0.2, 0.25) is 0 Å². The van der Waals surface area contributed by atoms with E-state index in [9.17, 15) is 0 Å². The molecule has 0 aromatic heterocycles. The van der Waals surface area contributed by atoms with E-state index in [1.807, 2.05) is 18.2 Å². The summed E-state index contributed by atoms with van der Waals surface area (Å²) >= 11 is 0. The minimum absolute atomic E-state index is 0.159. The van der Waals surface area contributed by atoms with Gasteiger partial charge in [-0.3, -0.25) is 0 Å². The van der Waals surface area contributed by atoms with Crippen molar-refractivity contribution in [2.45, 2.75) is 43.5 Å². The Hall–Kier alpha value is -2.62. The number of nitrogens with two attached hydrogens (primary N) is 1. The van der Waals surface area contributed by atoms with Gasteiger partial charge in [-0.1, -0.05) is 66.7 Å². The third kappa shape index (κ3) is 3.56. The highest BCUT2D eigenvalue weighted by molar-refractivity contribution is 5.39. The van der Waals surface area contributed by atoms with Crippen LogP contribution in [0.3, 0.4) is 0 Å². The molecule has 0 radical (unpaired) electrons. The van der Waals surface area contributed by atoms with E-state index in [0.717, 1.165) is 12.2 Å². The predicted octanol–water partition coefficient (Wildman–Crippen LogP) is 4.86. The van der Waals surface area contributed by atoms with Crippen LogP contribution in [0.5, 0.6) is 5.75 Å². The number of ether oxygens (including phenoxy) is 1. The molecule has 3 N–H and O–H groups in total. The highest BCUT2D eigenvalue weighted by atomic mass is 16.5. The maximum atomic E-state index is 6.31. The zero-order chi connectivity index (χ0) is 18.9. The van der Waals surface area contributed by atoms with Crippen LogP contribution in [0.15, 0.2) is 78.9 Å². The first-order valence-corrected chi connectivity index (χ1v) is 10.1. The summed E-state index contributed by atoms with van der Waals surface area (Å²) in [5.74, 6) is 1.51. The fourth-order valence-corrected chi connectivity index (χ4v) is 4.39. The second-order valence-corrected chi connectivity index (χ2v) is 7.98. The molecule has 2 aliphatic rings. The van der Waals surface area contributed by atoms with E-state index in [4.69, 9.17) is 10.5 Å². The van der Waals surface area contributed by atoms with Gasteiger partial charge in [-0.2, -0.15) is 0 Å². The molecule has 2 aliphatic carbocycles. The van der Waals surface area contributed by atoms with Crippen LogP contribution in [0.25, 0.3) is 0 Å². The van der Waals surface area contributed by atoms with E-state index in [1.165, 1.54) is 28.7 Å². The Balaban J connectivity index is 1.17. The lowest BCUT2D eigenvalue weighted by Crippen LogP contribution is -2.23. The van der Waals surface area contributed by atoms with Gasteiger partial charge in [-0.25, -0.2) is 0 Å². The van der Waals surface area contributed by atoms with E-state index >= 15 is 0 Å². The van der Waals surface area contributed by atoms with Crippen molar-refractivity contribution in [3.63, 3.8) is 0 Å². The van der Waals surface area contributed by atoms with Gasteiger partial charge in [0.05, 0.1) is 0 Å². The molecule has 0 spiro atoms. The van der Waals surface area contributed by atoms with Crippen LogP contribution in [0.1, 0.15) is 53.1 Å². The van der Waals surface area contributed by atoms with Crippen molar-refractivity contribution in [1.29, 1.82) is 0 Å². The maximum Gasteiger partial charge on any atom is 0.119 e. The van der Waals surface area contributed by atoms with Gasteiger partial charge in [0.1, 0.15) is 12.4 Å². The van der Waals surface area contributed by atoms with E-state index in [-0.39, 0.29) is 6.04 Å². The topological polar surface area (TPSA) is 47.3 Å². The molecule has 0 amide bonds. The Bertz CT molecular complexity index is 938. The molecule has 3 nitrogen and oxygen atoms in total. The van der Waals surface area contributed by atoms with E-state index in [2.05, 4.69) is 66.0 Å². The highest BCUT2D eigenvalue weighted by Gasteiger charge is 2.41. The third-order valence-electron chi connectivity index (χ3n) is 6.02. The molecule has 0 heterocycles. The summed E-state index contributed by atoms with van der Waals surface area (Å²) in [4.78, 5) is 0. The van der Waals surface area contributed by atoms with Crippen LogP contribution in [0.2, 0.25) is 0 Å². The molecule has 1 fully saturated rings. The van der Waals surface area contributed by atoms with Crippen LogP contribution in [-0.2, 0) is 6.61 Å². The second kappa shape index (κ2) is 7.42. The molecule has 5 rings (SSSR count). The first kappa shape index (κ1) is 17.5. The average molecular weight is 370 g/mol. The average Bonchev–Trinajstić information content (AvgIpc) is 3.44. The van der Waals surface area contributed by atoms with Gasteiger partial charge in [-0.05, 0) is 47.2 Å². The van der Waals surface area contributed by atoms with Crippen molar-refractivity contribution >= 4 is 0 Å². The van der Waals surface area contributed by atoms with Crippen LogP contribution < -0.4 is 15.8 Å². The molecule has 3 aromatic rings. The van der Waals surface area contributed by atoms with Crippen molar-refractivity contribution in [3.8, 4) is 5.75 Å². The van der Waals surface area contributed by atoms with Crippen LogP contribution in [0.4, 0.5) is 0 Å². The molecule has 1 saturated carbocycles. The van der Waals surface area contributed by atoms with E-state index in [1.54, 1.807) is 0 Å². The van der Waals surface area contributed by atoms with Gasteiger partial charge >= 0.3 is 0 Å². The molecular formula is C25H26N2O. The van der Waals surface area contributed by atoms with Crippen LogP contribution in [0, 0.1) is 0 Å². The fourth-order valence-electron chi connectivity index (χ4n) is 4.39. The summed E-state index contributed by atoms with van der Waals surface area (Å²) in [5, 5.41) is 3.84. The number of hydrogen-bond donors (Lipinski definition) is 2. The lowest BCUT2D eigenvalue weighted by molar-refractivity contribution is 0.306. The normalized spacial score (nSPS) is 25.3. The molecular weight excluding hydrogens is 344 g/mol. The van der Waals surface area contributed by atoms with Gasteiger partial charge < -0.3 is 15.8 Å². The van der Waals surface area contributed by atoms with Gasteiger partial charge in [0.15, 0.2) is 0 Å². The van der Waals surface area contributed by atoms with Gasteiger partial charge in [-0.15, -0.1) is 0 Å². The molecule has 0 saturated heterocycles. The molecule has 2 unspecified atom stereocenters. The molecule has 0 bridgehead atoms. The fraction of sp³-hybridized carbons (Fsp3) is 0.280. The Morgan fingerprint density at radius 2 is 1.54 bits per heavy atom. The number of hydrogen-bond acceptors (Lipinski definition) is 3. The number of fused-ring (bicyclic) bond motifs is 1. The first-order valence-electron chi connectivity index (χ1n) is 10.1. The van der Waals surface area contributed by atoms with Crippen molar-refractivity contribution in [1.82, 2.24) is 5.32 Å². The zero-order valence-corrected chi connectivity index (χ0v) is 15.9. The van der Waals surface area contributed by atoms with Crippen molar-refractivity contribution in [3.05, 3.63) is 101 Å². The van der Waals surface area contributed by atoms with E-state index < -0.39 is 0 Å². The third-order valence-corrected chi connectivity index (χ3v) is 6.02. The lowest BCUT2D eigenvalue weighted by atomic mass is 10.1. The minimum atomic E-state index is 0.159. The lowest BCUT2D eigenvalue weighted by Gasteiger charge is -2.14. The largest absolute Gasteiger partial charge is 0.489 e. The molecule has 3 heteroatoms. The Morgan fingerprint density at radius 1 is 0.821 bits per heavy atom. The summed E-state index contributed by atoms with van der Waals surface area (Å²) < 4.78 is 5.90. The predicted molar refractivity (Wildman–Crippen MR) is 112 cm³/mol. The monoisotopic (exact) mass is 370 g/mol. The number of rotatable bonds is 6. The van der Waals surface area contributed by atoms with Crippen molar-refractivity contribution in [2.24, 2.45) is 5.73 Å². The van der Waals surface area contributed by atoms with Crippen molar-refractivity contribution < 1.29 is 4.74 Å². The highest BCUT2D eigenvalue weighted by Crippen LogP contribution is 2.45. The molecule has 4 atom stereocenters. The smallest absolute Gasteiger partial charge is 0.119 e. The SMILES string of the molecule is NC1CC(N[C@H]2C[C@@H]2c2ccc(OCc3ccccc3)cc2)c2ccccc21. The summed E-state index contributed by atoms with van der Waals surface area (Å²) in [7, 11) is 0. The molecule has 142 valence electrons. The Morgan fingerprint density at radius 3 is 2.32 bits per heavy atom. The minimum Gasteiger partial charge on any atom is -0.489 e. The summed E-state index contributed by atoms with van der Waals surface area (Å²) in [6.45, 7) is 0.606. The molecule has 28 heavy (non-hydrogen) atoms. The van der Waals surface area contributed by atoms with E-state index in [0.29, 0.717) is 24.6 Å². The van der Waals surface area contributed by atoms with Crippen LogP contribution >= 0.6 is 0 Å². The number of benzene rings is 3. The second-order valence-electron chi connectivity index (χ2n) is 7.98. The Kier molecular flexibility index (Phi) is 4.63. The quantitative estimate of drug-likeness (QED) is 0.652. The molecule has 0 aliphatic heterocycles. The maximum absolute atomic E-state index is 6.31. The Labute approximate surface area is 166 Å². The standard InChI is InChI=1S/C25H26N2O/c26-23-15-25(21-9-5-4-8-20(21)23)27-24-14-22(24)18-10-12-19(13-11-18)28-16-17-6-2-1-3-7-17/h1-13,22-25,27H,14-16,26H2/t22-,23?,24+,25?/m1/s1.